The average molecular weight is 124 g/mol. The molecule has 0 aliphatic rings. The Morgan fingerprint density at radius 3 is 2.50 bits per heavy atom. The van der Waals surface area contributed by atoms with Crippen LogP contribution in [0.25, 0.3) is 0 Å². The van der Waals surface area contributed by atoms with Crippen LogP contribution in [0.3, 0.4) is 0 Å². The van der Waals surface area contributed by atoms with Gasteiger partial charge < -0.3 is 0 Å². The molecule has 0 amide bonds. The second-order valence-electron chi connectivity index (χ2n) is 0.676. The largest absolute Gasteiger partial charge is 0.253 e. The van der Waals surface area contributed by atoms with Gasteiger partial charge in [0, 0.05) is 63.0 Å². The van der Waals surface area contributed by atoms with E-state index >= 15 is 0 Å². The first-order chi connectivity index (χ1) is 2.50. The summed E-state index contributed by atoms with van der Waals surface area (Å²) in [4.78, 5) is 3.74. The van der Waals surface area contributed by atoms with Crippen LogP contribution in [0.5, 0.6) is 0 Å². The maximum atomic E-state index is 3.74. The average Bonchev–Trinajstić information content (AvgIpc) is 1.76. The summed E-state index contributed by atoms with van der Waals surface area (Å²) in [6, 6.07) is 0. The van der Waals surface area contributed by atoms with Crippen LogP contribution < -0.4 is 0 Å². The molecule has 1 aromatic heterocycles. The van der Waals surface area contributed by atoms with E-state index < -0.39 is 0 Å². The van der Waals surface area contributed by atoms with Gasteiger partial charge in [-0.2, -0.15) is 0 Å². The van der Waals surface area contributed by atoms with E-state index in [0.29, 0.717) is 0 Å². The number of rotatable bonds is 0. The van der Waals surface area contributed by atoms with Gasteiger partial charge in [0.15, 0.2) is 0 Å². The molecule has 27 valence electrons. The van der Waals surface area contributed by atoms with Crippen LogP contribution in [0.4, 0.5) is 0 Å². The molecule has 0 bridgehead atoms. The van der Waals surface area contributed by atoms with E-state index in [2.05, 4.69) is 4.98 Å². The first-order valence-corrected chi connectivity index (χ1v) is 2.26. The standard InChI is InChI=1S/C3H3NS.K/c1-2-5-3-4-1;/h1-3H;. The van der Waals surface area contributed by atoms with Crippen LogP contribution in [-0.4, -0.2) is 56.4 Å². The van der Waals surface area contributed by atoms with E-state index in [4.69, 9.17) is 0 Å². The van der Waals surface area contributed by atoms with Gasteiger partial charge in [-0.25, -0.2) is 0 Å². The quantitative estimate of drug-likeness (QED) is 0.465. The number of thiazole rings is 1. The van der Waals surface area contributed by atoms with Gasteiger partial charge in [0.25, 0.3) is 0 Å². The second-order valence-corrected chi connectivity index (χ2v) is 1.43. The van der Waals surface area contributed by atoms with Crippen molar-refractivity contribution < 1.29 is 0 Å². The monoisotopic (exact) mass is 124 g/mol. The third kappa shape index (κ3) is 2.44. The van der Waals surface area contributed by atoms with Crippen molar-refractivity contribution in [2.45, 2.75) is 0 Å². The predicted molar refractivity (Wildman–Crippen MR) is 27.9 cm³/mol. The summed E-state index contributed by atoms with van der Waals surface area (Å²) in [5.74, 6) is 0. The van der Waals surface area contributed by atoms with Crippen LogP contribution in [0, 0.1) is 0 Å². The molecule has 1 radical (unpaired) electrons. The Hall–Kier alpha value is 1.27. The minimum atomic E-state index is 0. The van der Waals surface area contributed by atoms with E-state index in [9.17, 15) is 0 Å². The molecule has 1 rings (SSSR count). The molecule has 0 aromatic carbocycles. The van der Waals surface area contributed by atoms with Crippen molar-refractivity contribution in [2.75, 3.05) is 0 Å². The zero-order chi connectivity index (χ0) is 3.54. The summed E-state index contributed by atoms with van der Waals surface area (Å²) in [5, 5.41) is 1.93. The van der Waals surface area contributed by atoms with Gasteiger partial charge in [-0.05, 0) is 0 Å². The van der Waals surface area contributed by atoms with Gasteiger partial charge in [-0.3, -0.25) is 4.98 Å². The van der Waals surface area contributed by atoms with Crippen molar-refractivity contribution in [2.24, 2.45) is 0 Å². The number of aromatic nitrogens is 1. The van der Waals surface area contributed by atoms with Crippen molar-refractivity contribution in [3.63, 3.8) is 0 Å². The maximum absolute atomic E-state index is 3.74. The molecule has 1 nitrogen and oxygen atoms in total. The Morgan fingerprint density at radius 1 is 1.50 bits per heavy atom. The molecule has 0 fully saturated rings. The summed E-state index contributed by atoms with van der Waals surface area (Å²) < 4.78 is 0. The minimum absolute atomic E-state index is 0. The Kier molecular flexibility index (Phi) is 5.36. The first-order valence-electron chi connectivity index (χ1n) is 1.32. The SMILES string of the molecule is [K].c1cscn1. The zero-order valence-electron chi connectivity index (χ0n) is 3.59. The molecule has 1 heterocycles. The fourth-order valence-corrected chi connectivity index (χ4v) is 0.527. The van der Waals surface area contributed by atoms with Crippen LogP contribution in [0.15, 0.2) is 17.1 Å². The topological polar surface area (TPSA) is 12.9 Å². The van der Waals surface area contributed by atoms with Crippen LogP contribution in [0.2, 0.25) is 0 Å². The molecule has 0 unspecified atom stereocenters. The Labute approximate surface area is 83.2 Å². The van der Waals surface area contributed by atoms with Gasteiger partial charge in [0.1, 0.15) is 0 Å². The molecule has 1 aromatic rings. The van der Waals surface area contributed by atoms with Crippen molar-refractivity contribution in [3.8, 4) is 0 Å². The third-order valence-corrected chi connectivity index (χ3v) is 0.869. The van der Waals surface area contributed by atoms with Crippen LogP contribution >= 0.6 is 11.3 Å². The molecule has 0 saturated carbocycles. The summed E-state index contributed by atoms with van der Waals surface area (Å²) >= 11 is 1.60. The summed E-state index contributed by atoms with van der Waals surface area (Å²) in [7, 11) is 0. The molecule has 0 atom stereocenters. The van der Waals surface area contributed by atoms with E-state index in [1.165, 1.54) is 0 Å². The third-order valence-electron chi connectivity index (χ3n) is 0.347. The summed E-state index contributed by atoms with van der Waals surface area (Å²) in [5.41, 5.74) is 1.79. The van der Waals surface area contributed by atoms with Gasteiger partial charge in [0.05, 0.1) is 5.51 Å². The van der Waals surface area contributed by atoms with Crippen LogP contribution in [-0.2, 0) is 0 Å². The van der Waals surface area contributed by atoms with Crippen molar-refractivity contribution in [3.05, 3.63) is 17.1 Å². The van der Waals surface area contributed by atoms with Crippen molar-refractivity contribution in [1.29, 1.82) is 0 Å². The molecule has 6 heavy (non-hydrogen) atoms. The molecule has 3 heteroatoms. The molecule has 0 spiro atoms. The van der Waals surface area contributed by atoms with Crippen LogP contribution in [0.1, 0.15) is 0 Å². The van der Waals surface area contributed by atoms with Gasteiger partial charge >= 0.3 is 0 Å². The summed E-state index contributed by atoms with van der Waals surface area (Å²) in [6.45, 7) is 0. The molecular weight excluding hydrogens is 121 g/mol. The molecule has 0 saturated heterocycles. The Morgan fingerprint density at radius 2 is 2.33 bits per heavy atom. The zero-order valence-corrected chi connectivity index (χ0v) is 7.53. The summed E-state index contributed by atoms with van der Waals surface area (Å²) in [6.07, 6.45) is 1.77. The minimum Gasteiger partial charge on any atom is -0.253 e. The number of hydrogen-bond acceptors (Lipinski definition) is 2. The van der Waals surface area contributed by atoms with E-state index in [0.717, 1.165) is 0 Å². The molecular formula is C3H3KNS. The Bertz CT molecular complexity index is 67.3. The fraction of sp³-hybridized carbons (Fsp3) is 0. The molecule has 0 aliphatic heterocycles. The second kappa shape index (κ2) is 4.43. The first kappa shape index (κ1) is 7.27. The van der Waals surface area contributed by atoms with E-state index in [-0.39, 0.29) is 51.4 Å². The van der Waals surface area contributed by atoms with Gasteiger partial charge in [-0.1, -0.05) is 0 Å². The predicted octanol–water partition coefficient (Wildman–Crippen LogP) is 0.762. The van der Waals surface area contributed by atoms with Gasteiger partial charge in [-0.15, -0.1) is 11.3 Å². The molecule has 0 N–H and O–H groups in total. The molecule has 0 aliphatic carbocycles. The normalized spacial score (nSPS) is 6.67. The van der Waals surface area contributed by atoms with E-state index in [1.54, 1.807) is 23.0 Å². The van der Waals surface area contributed by atoms with Crippen molar-refractivity contribution in [1.82, 2.24) is 4.98 Å². The van der Waals surface area contributed by atoms with Crippen molar-refractivity contribution >= 4 is 62.7 Å². The smallest absolute Gasteiger partial charge is 0.0791 e. The van der Waals surface area contributed by atoms with E-state index in [1.807, 2.05) is 5.38 Å². The number of hydrogen-bond donors (Lipinski definition) is 0. The fourth-order valence-electron chi connectivity index (χ4n) is 0.176. The number of nitrogens with zero attached hydrogens (tertiary/aromatic N) is 1. The van der Waals surface area contributed by atoms with Gasteiger partial charge in [0.2, 0.25) is 0 Å². The maximum Gasteiger partial charge on any atom is 0.0791 e. The Balaban J connectivity index is 0.000000250.